The first-order valence-electron chi connectivity index (χ1n) is 6.34. The molecule has 3 heterocycles. The van der Waals surface area contributed by atoms with Crippen LogP contribution in [0.1, 0.15) is 10.4 Å². The minimum atomic E-state index is -0.514. The quantitative estimate of drug-likeness (QED) is 0.488. The summed E-state index contributed by atoms with van der Waals surface area (Å²) < 4.78 is 0. The molecule has 0 atom stereocenters. The number of aromatic nitrogens is 2. The van der Waals surface area contributed by atoms with E-state index in [0.29, 0.717) is 42.6 Å². The number of pyridine rings is 1. The number of fused-ring (bicyclic) bond motifs is 1. The lowest BCUT2D eigenvalue weighted by molar-refractivity contribution is -0.126. The predicted octanol–water partition coefficient (Wildman–Crippen LogP) is 0.831. The van der Waals surface area contributed by atoms with Crippen molar-refractivity contribution in [3.8, 4) is 0 Å². The van der Waals surface area contributed by atoms with E-state index in [1.165, 1.54) is 12.4 Å². The van der Waals surface area contributed by atoms with Crippen LogP contribution in [0.25, 0.3) is 10.9 Å². The van der Waals surface area contributed by atoms with Crippen LogP contribution in [-0.2, 0) is 4.79 Å². The molecule has 2 aromatic rings. The molecule has 7 heteroatoms. The number of H-pyrrole nitrogens is 1. The molecule has 6 nitrogen and oxygen atoms in total. The van der Waals surface area contributed by atoms with Gasteiger partial charge in [0.1, 0.15) is 0 Å². The molecule has 1 aliphatic heterocycles. The van der Waals surface area contributed by atoms with Gasteiger partial charge >= 0.3 is 0 Å². The van der Waals surface area contributed by atoms with Crippen LogP contribution in [0, 0.1) is 0 Å². The SMILES string of the molecule is O=C(C(=O)N1CCNCC1)c1c[nH]c2c(Cl)nccc12. The van der Waals surface area contributed by atoms with Gasteiger partial charge in [-0.25, -0.2) is 4.98 Å². The Kier molecular flexibility index (Phi) is 3.42. The van der Waals surface area contributed by atoms with Crippen molar-refractivity contribution in [1.29, 1.82) is 0 Å². The number of rotatable bonds is 2. The number of nitrogens with one attached hydrogen (secondary N) is 2. The van der Waals surface area contributed by atoms with Crippen LogP contribution in [0.2, 0.25) is 5.15 Å². The fraction of sp³-hybridized carbons (Fsp3) is 0.308. The van der Waals surface area contributed by atoms with Gasteiger partial charge in [0.2, 0.25) is 0 Å². The van der Waals surface area contributed by atoms with Gasteiger partial charge in [-0.3, -0.25) is 9.59 Å². The Labute approximate surface area is 120 Å². The zero-order valence-electron chi connectivity index (χ0n) is 10.6. The highest BCUT2D eigenvalue weighted by Crippen LogP contribution is 2.23. The number of hydrogen-bond donors (Lipinski definition) is 2. The first-order chi connectivity index (χ1) is 9.68. The van der Waals surface area contributed by atoms with E-state index >= 15 is 0 Å². The summed E-state index contributed by atoms with van der Waals surface area (Å²) in [5, 5.41) is 4.06. The molecule has 3 rings (SSSR count). The van der Waals surface area contributed by atoms with Crippen LogP contribution >= 0.6 is 11.6 Å². The lowest BCUT2D eigenvalue weighted by Crippen LogP contribution is -2.48. The summed E-state index contributed by atoms with van der Waals surface area (Å²) in [6.45, 7) is 2.52. The molecule has 20 heavy (non-hydrogen) atoms. The van der Waals surface area contributed by atoms with E-state index in [2.05, 4.69) is 15.3 Å². The predicted molar refractivity (Wildman–Crippen MR) is 74.9 cm³/mol. The molecule has 104 valence electrons. The molecule has 0 saturated carbocycles. The minimum Gasteiger partial charge on any atom is -0.358 e. The highest BCUT2D eigenvalue weighted by Gasteiger charge is 2.26. The number of piperazine rings is 1. The van der Waals surface area contributed by atoms with Gasteiger partial charge in [-0.05, 0) is 6.07 Å². The van der Waals surface area contributed by atoms with Crippen molar-refractivity contribution in [1.82, 2.24) is 20.2 Å². The monoisotopic (exact) mass is 292 g/mol. The molecule has 0 spiro atoms. The third-order valence-electron chi connectivity index (χ3n) is 3.40. The molecular weight excluding hydrogens is 280 g/mol. The molecule has 1 saturated heterocycles. The fourth-order valence-electron chi connectivity index (χ4n) is 2.33. The zero-order chi connectivity index (χ0) is 14.1. The number of halogens is 1. The van der Waals surface area contributed by atoms with Gasteiger partial charge < -0.3 is 15.2 Å². The van der Waals surface area contributed by atoms with Crippen LogP contribution in [0.3, 0.4) is 0 Å². The van der Waals surface area contributed by atoms with Crippen molar-refractivity contribution in [2.75, 3.05) is 26.2 Å². The summed E-state index contributed by atoms with van der Waals surface area (Å²) in [4.78, 5) is 32.9. The first kappa shape index (κ1) is 13.1. The van der Waals surface area contributed by atoms with Crippen LogP contribution in [0.5, 0.6) is 0 Å². The standard InChI is InChI=1S/C13H13ClN4O2/c14-12-10-8(1-2-16-12)9(7-17-10)11(19)13(20)18-5-3-15-4-6-18/h1-2,7,15,17H,3-6H2. The Hall–Kier alpha value is -1.92. The Morgan fingerprint density at radius 1 is 1.30 bits per heavy atom. The number of nitrogens with zero attached hydrogens (tertiary/aromatic N) is 2. The summed E-state index contributed by atoms with van der Waals surface area (Å²) in [5.74, 6) is -0.985. The largest absolute Gasteiger partial charge is 0.358 e. The second kappa shape index (κ2) is 5.22. The summed E-state index contributed by atoms with van der Waals surface area (Å²) in [6.07, 6.45) is 3.03. The lowest BCUT2D eigenvalue weighted by atomic mass is 10.1. The van der Waals surface area contributed by atoms with Crippen molar-refractivity contribution in [2.24, 2.45) is 0 Å². The molecule has 1 aliphatic rings. The second-order valence-corrected chi connectivity index (χ2v) is 4.96. The number of aromatic amines is 1. The average molecular weight is 293 g/mol. The van der Waals surface area contributed by atoms with Gasteiger partial charge in [-0.1, -0.05) is 11.6 Å². The average Bonchev–Trinajstić information content (AvgIpc) is 2.92. The molecular formula is C13H13ClN4O2. The molecule has 1 amide bonds. The molecule has 2 aromatic heterocycles. The lowest BCUT2D eigenvalue weighted by Gasteiger charge is -2.26. The van der Waals surface area contributed by atoms with Gasteiger partial charge in [-0.15, -0.1) is 0 Å². The minimum absolute atomic E-state index is 0.288. The molecule has 1 fully saturated rings. The number of hydrogen-bond acceptors (Lipinski definition) is 4. The van der Waals surface area contributed by atoms with Gasteiger partial charge in [0.25, 0.3) is 11.7 Å². The molecule has 0 unspecified atom stereocenters. The zero-order valence-corrected chi connectivity index (χ0v) is 11.4. The highest BCUT2D eigenvalue weighted by molar-refractivity contribution is 6.45. The summed E-state index contributed by atoms with van der Waals surface area (Å²) >= 11 is 5.95. The van der Waals surface area contributed by atoms with Crippen LogP contribution in [0.4, 0.5) is 0 Å². The van der Waals surface area contributed by atoms with E-state index < -0.39 is 11.7 Å². The van der Waals surface area contributed by atoms with E-state index in [-0.39, 0.29) is 5.15 Å². The summed E-state index contributed by atoms with van der Waals surface area (Å²) in [5.41, 5.74) is 0.915. The van der Waals surface area contributed by atoms with Gasteiger partial charge in [0.15, 0.2) is 5.15 Å². The van der Waals surface area contributed by atoms with E-state index in [1.807, 2.05) is 0 Å². The number of carbonyl (C=O) groups is 2. The van der Waals surface area contributed by atoms with E-state index in [0.717, 1.165) is 0 Å². The maximum absolute atomic E-state index is 12.3. The Balaban J connectivity index is 1.92. The van der Waals surface area contributed by atoms with Crippen LogP contribution < -0.4 is 5.32 Å². The van der Waals surface area contributed by atoms with Gasteiger partial charge in [-0.2, -0.15) is 0 Å². The highest BCUT2D eigenvalue weighted by atomic mass is 35.5. The topological polar surface area (TPSA) is 78.1 Å². The number of Topliss-reactive ketones (excluding diaryl/α,β-unsaturated/α-hetero) is 1. The van der Waals surface area contributed by atoms with E-state index in [1.54, 1.807) is 11.0 Å². The van der Waals surface area contributed by atoms with Crippen molar-refractivity contribution in [3.63, 3.8) is 0 Å². The van der Waals surface area contributed by atoms with E-state index in [9.17, 15) is 9.59 Å². The number of ketones is 1. The molecule has 0 aromatic carbocycles. The molecule has 0 bridgehead atoms. The Bertz CT molecular complexity index is 676. The van der Waals surface area contributed by atoms with Crippen molar-refractivity contribution in [2.45, 2.75) is 0 Å². The Morgan fingerprint density at radius 2 is 2.05 bits per heavy atom. The normalized spacial score (nSPS) is 15.6. The Morgan fingerprint density at radius 3 is 2.80 bits per heavy atom. The molecule has 0 radical (unpaired) electrons. The third-order valence-corrected chi connectivity index (χ3v) is 3.69. The molecule has 2 N–H and O–H groups in total. The fourth-order valence-corrected chi connectivity index (χ4v) is 2.55. The number of amides is 1. The summed E-state index contributed by atoms with van der Waals surface area (Å²) in [7, 11) is 0. The molecule has 0 aliphatic carbocycles. The van der Waals surface area contributed by atoms with E-state index in [4.69, 9.17) is 11.6 Å². The second-order valence-electron chi connectivity index (χ2n) is 4.60. The summed E-state index contributed by atoms with van der Waals surface area (Å²) in [6, 6.07) is 1.68. The number of carbonyl (C=O) groups excluding carboxylic acids is 2. The van der Waals surface area contributed by atoms with Crippen molar-refractivity contribution >= 4 is 34.2 Å². The maximum atomic E-state index is 12.3. The van der Waals surface area contributed by atoms with Crippen molar-refractivity contribution in [3.05, 3.63) is 29.2 Å². The first-order valence-corrected chi connectivity index (χ1v) is 6.72. The van der Waals surface area contributed by atoms with Crippen LogP contribution in [0.15, 0.2) is 18.5 Å². The third kappa shape index (κ3) is 2.17. The maximum Gasteiger partial charge on any atom is 0.295 e. The van der Waals surface area contributed by atoms with Crippen molar-refractivity contribution < 1.29 is 9.59 Å². The smallest absolute Gasteiger partial charge is 0.295 e. The van der Waals surface area contributed by atoms with Gasteiger partial charge in [0.05, 0.1) is 11.1 Å². The van der Waals surface area contributed by atoms with Crippen LogP contribution in [-0.4, -0.2) is 52.7 Å². The van der Waals surface area contributed by atoms with Gasteiger partial charge in [0, 0.05) is 44.0 Å².